The first-order chi connectivity index (χ1) is 9.70. The Bertz CT molecular complexity index is 418. The molecule has 1 saturated heterocycles. The third-order valence-electron chi connectivity index (χ3n) is 4.31. The van der Waals surface area contributed by atoms with Crippen LogP contribution in [0.2, 0.25) is 0 Å². The van der Waals surface area contributed by atoms with Crippen molar-refractivity contribution in [3.8, 4) is 0 Å². The van der Waals surface area contributed by atoms with Crippen LogP contribution in [0.3, 0.4) is 0 Å². The molecule has 4 heteroatoms. The molecule has 2 rings (SSSR count). The quantitative estimate of drug-likeness (QED) is 0.876. The Kier molecular flexibility index (Phi) is 7.76. The largest absolute Gasteiger partial charge is 0.342 e. The van der Waals surface area contributed by atoms with Crippen LogP contribution in [0.4, 0.5) is 0 Å². The number of hydrogen-bond acceptors (Lipinski definition) is 2. The lowest BCUT2D eigenvalue weighted by atomic mass is 10.0. The molecular formula is C17H27ClN2O. The minimum Gasteiger partial charge on any atom is -0.342 e. The second-order valence-electron chi connectivity index (χ2n) is 5.75. The number of likely N-dealkylation sites (N-methyl/N-ethyl adjacent to an activating group) is 1. The fourth-order valence-electron chi connectivity index (χ4n) is 2.93. The Morgan fingerprint density at radius 1 is 1.38 bits per heavy atom. The SMILES string of the molecule is CCC(Cc1ccccc1)N(C)C(=O)CC1CCCN1.Cl. The molecule has 0 bridgehead atoms. The third kappa shape index (κ3) is 5.33. The maximum Gasteiger partial charge on any atom is 0.224 e. The lowest BCUT2D eigenvalue weighted by Gasteiger charge is -2.28. The van der Waals surface area contributed by atoms with Crippen LogP contribution in [0, 0.1) is 0 Å². The lowest BCUT2D eigenvalue weighted by molar-refractivity contribution is -0.132. The average Bonchev–Trinajstić information content (AvgIpc) is 2.98. The molecule has 1 heterocycles. The fraction of sp³-hybridized carbons (Fsp3) is 0.588. The molecule has 0 radical (unpaired) electrons. The van der Waals surface area contributed by atoms with Crippen molar-refractivity contribution in [2.24, 2.45) is 0 Å². The van der Waals surface area contributed by atoms with E-state index in [1.54, 1.807) is 0 Å². The normalized spacial score (nSPS) is 18.9. The van der Waals surface area contributed by atoms with Gasteiger partial charge in [0.05, 0.1) is 0 Å². The predicted molar refractivity (Wildman–Crippen MR) is 89.9 cm³/mol. The van der Waals surface area contributed by atoms with E-state index in [2.05, 4.69) is 36.5 Å². The molecule has 1 amide bonds. The van der Waals surface area contributed by atoms with E-state index in [0.29, 0.717) is 18.5 Å². The Morgan fingerprint density at radius 3 is 2.67 bits per heavy atom. The zero-order chi connectivity index (χ0) is 14.4. The van der Waals surface area contributed by atoms with Gasteiger partial charge in [0.15, 0.2) is 0 Å². The summed E-state index contributed by atoms with van der Waals surface area (Å²) in [6.07, 6.45) is 4.91. The molecule has 0 aromatic heterocycles. The maximum atomic E-state index is 12.4. The minimum absolute atomic E-state index is 0. The molecule has 2 unspecified atom stereocenters. The molecule has 3 nitrogen and oxygen atoms in total. The maximum absolute atomic E-state index is 12.4. The molecule has 1 aliphatic heterocycles. The van der Waals surface area contributed by atoms with Gasteiger partial charge in [0.2, 0.25) is 5.91 Å². The molecule has 1 aromatic rings. The first-order valence-electron chi connectivity index (χ1n) is 7.73. The Balaban J connectivity index is 0.00000220. The third-order valence-corrected chi connectivity index (χ3v) is 4.31. The number of nitrogens with one attached hydrogen (secondary N) is 1. The van der Waals surface area contributed by atoms with E-state index in [1.807, 2.05) is 18.0 Å². The van der Waals surface area contributed by atoms with Crippen molar-refractivity contribution >= 4 is 18.3 Å². The highest BCUT2D eigenvalue weighted by atomic mass is 35.5. The van der Waals surface area contributed by atoms with Crippen molar-refractivity contribution in [1.82, 2.24) is 10.2 Å². The van der Waals surface area contributed by atoms with Crippen LogP contribution in [-0.2, 0) is 11.2 Å². The van der Waals surface area contributed by atoms with Gasteiger partial charge >= 0.3 is 0 Å². The fourth-order valence-corrected chi connectivity index (χ4v) is 2.93. The standard InChI is InChI=1S/C17H26N2O.ClH/c1-3-16(12-14-8-5-4-6-9-14)19(2)17(20)13-15-10-7-11-18-15;/h4-6,8-9,15-16,18H,3,7,10-13H2,1-2H3;1H. The predicted octanol–water partition coefficient (Wildman–Crippen LogP) is 3.03. The van der Waals surface area contributed by atoms with Gasteiger partial charge in [-0.2, -0.15) is 0 Å². The summed E-state index contributed by atoms with van der Waals surface area (Å²) in [5, 5.41) is 3.40. The van der Waals surface area contributed by atoms with Crippen LogP contribution in [0.1, 0.15) is 38.2 Å². The Morgan fingerprint density at radius 2 is 2.10 bits per heavy atom. The van der Waals surface area contributed by atoms with Crippen molar-refractivity contribution in [2.75, 3.05) is 13.6 Å². The zero-order valence-electron chi connectivity index (χ0n) is 13.0. The van der Waals surface area contributed by atoms with Gasteiger partial charge in [0, 0.05) is 25.6 Å². The molecule has 118 valence electrons. The topological polar surface area (TPSA) is 32.3 Å². The summed E-state index contributed by atoms with van der Waals surface area (Å²) in [6, 6.07) is 11.1. The van der Waals surface area contributed by atoms with Gasteiger partial charge in [-0.15, -0.1) is 12.4 Å². The number of halogens is 1. The van der Waals surface area contributed by atoms with Crippen molar-refractivity contribution in [2.45, 2.75) is 51.1 Å². The van der Waals surface area contributed by atoms with Crippen molar-refractivity contribution in [3.63, 3.8) is 0 Å². The van der Waals surface area contributed by atoms with E-state index in [1.165, 1.54) is 12.0 Å². The van der Waals surface area contributed by atoms with Crippen LogP contribution in [0.15, 0.2) is 30.3 Å². The summed E-state index contributed by atoms with van der Waals surface area (Å²) in [4.78, 5) is 14.3. The van der Waals surface area contributed by atoms with Gasteiger partial charge in [-0.3, -0.25) is 4.79 Å². The number of benzene rings is 1. The summed E-state index contributed by atoms with van der Waals surface area (Å²) >= 11 is 0. The number of hydrogen-bond donors (Lipinski definition) is 1. The van der Waals surface area contributed by atoms with Gasteiger partial charge < -0.3 is 10.2 Å². The molecular weight excluding hydrogens is 284 g/mol. The molecule has 1 aliphatic rings. The number of carbonyl (C=O) groups excluding carboxylic acids is 1. The minimum atomic E-state index is 0. The highest BCUT2D eigenvalue weighted by Gasteiger charge is 2.23. The van der Waals surface area contributed by atoms with E-state index in [9.17, 15) is 4.79 Å². The Labute approximate surface area is 134 Å². The summed E-state index contributed by atoms with van der Waals surface area (Å²) in [5.41, 5.74) is 1.30. The molecule has 1 N–H and O–H groups in total. The number of amides is 1. The van der Waals surface area contributed by atoms with Crippen molar-refractivity contribution < 1.29 is 4.79 Å². The number of rotatable bonds is 6. The van der Waals surface area contributed by atoms with Crippen LogP contribution in [0.25, 0.3) is 0 Å². The van der Waals surface area contributed by atoms with E-state index in [-0.39, 0.29) is 18.3 Å². The summed E-state index contributed by atoms with van der Waals surface area (Å²) in [5.74, 6) is 0.271. The van der Waals surface area contributed by atoms with Crippen LogP contribution in [0.5, 0.6) is 0 Å². The van der Waals surface area contributed by atoms with Gasteiger partial charge in [0.25, 0.3) is 0 Å². The van der Waals surface area contributed by atoms with E-state index < -0.39 is 0 Å². The molecule has 21 heavy (non-hydrogen) atoms. The Hall–Kier alpha value is -1.06. The summed E-state index contributed by atoms with van der Waals surface area (Å²) in [6.45, 7) is 3.22. The zero-order valence-corrected chi connectivity index (χ0v) is 13.9. The molecule has 1 fully saturated rings. The average molecular weight is 311 g/mol. The highest BCUT2D eigenvalue weighted by molar-refractivity contribution is 5.85. The monoisotopic (exact) mass is 310 g/mol. The van der Waals surface area contributed by atoms with Gasteiger partial charge in [0.1, 0.15) is 0 Å². The molecule has 1 aromatic carbocycles. The van der Waals surface area contributed by atoms with Crippen LogP contribution in [-0.4, -0.2) is 36.5 Å². The first-order valence-corrected chi connectivity index (χ1v) is 7.73. The highest BCUT2D eigenvalue weighted by Crippen LogP contribution is 2.15. The van der Waals surface area contributed by atoms with Crippen molar-refractivity contribution in [3.05, 3.63) is 35.9 Å². The van der Waals surface area contributed by atoms with Crippen LogP contribution >= 0.6 is 12.4 Å². The van der Waals surface area contributed by atoms with Crippen molar-refractivity contribution in [1.29, 1.82) is 0 Å². The van der Waals surface area contributed by atoms with E-state index in [0.717, 1.165) is 25.8 Å². The van der Waals surface area contributed by atoms with Gasteiger partial charge in [-0.1, -0.05) is 37.3 Å². The van der Waals surface area contributed by atoms with Gasteiger partial charge in [-0.05, 0) is 37.8 Å². The second-order valence-corrected chi connectivity index (χ2v) is 5.75. The lowest BCUT2D eigenvalue weighted by Crippen LogP contribution is -2.40. The smallest absolute Gasteiger partial charge is 0.224 e. The molecule has 2 atom stereocenters. The molecule has 0 spiro atoms. The number of carbonyl (C=O) groups is 1. The molecule has 0 saturated carbocycles. The van der Waals surface area contributed by atoms with Gasteiger partial charge in [-0.25, -0.2) is 0 Å². The first kappa shape index (κ1) is 18.0. The summed E-state index contributed by atoms with van der Waals surface area (Å²) in [7, 11) is 1.95. The number of nitrogens with zero attached hydrogens (tertiary/aromatic N) is 1. The van der Waals surface area contributed by atoms with Crippen LogP contribution < -0.4 is 5.32 Å². The van der Waals surface area contributed by atoms with E-state index >= 15 is 0 Å². The summed E-state index contributed by atoms with van der Waals surface area (Å²) < 4.78 is 0. The molecule has 0 aliphatic carbocycles. The van der Waals surface area contributed by atoms with E-state index in [4.69, 9.17) is 0 Å². The second kappa shape index (κ2) is 9.06.